The smallest absolute Gasteiger partial charge is 0.168 e. The fraction of sp³-hybridized carbons (Fsp3) is 0.714. The van der Waals surface area contributed by atoms with Gasteiger partial charge in [0.25, 0.3) is 0 Å². The Morgan fingerprint density at radius 1 is 1.70 bits per heavy atom. The molecule has 0 aromatic rings. The maximum Gasteiger partial charge on any atom is 0.168 e. The third-order valence-electron chi connectivity index (χ3n) is 1.09. The Hall–Kier alpha value is -0.310. The second-order valence-electron chi connectivity index (χ2n) is 2.53. The molecule has 0 unspecified atom stereocenters. The third-order valence-corrected chi connectivity index (χ3v) is 1.52. The van der Waals surface area contributed by atoms with Crippen molar-refractivity contribution in [1.82, 2.24) is 10.2 Å². The van der Waals surface area contributed by atoms with Crippen LogP contribution in [-0.2, 0) is 0 Å². The average molecular weight is 159 g/mol. The zero-order chi connectivity index (χ0) is 8.15. The maximum atomic E-state index is 5.03. The first-order valence-corrected chi connectivity index (χ1v) is 3.79. The zero-order valence-corrected chi connectivity index (χ0v) is 7.66. The Morgan fingerprint density at radius 2 is 2.20 bits per heavy atom. The summed E-state index contributed by atoms with van der Waals surface area (Å²) < 4.78 is 0. The molecule has 0 heterocycles. The van der Waals surface area contributed by atoms with E-state index < -0.39 is 0 Å². The summed E-state index contributed by atoms with van der Waals surface area (Å²) in [6, 6.07) is 0.404. The molecule has 0 saturated heterocycles. The van der Waals surface area contributed by atoms with Crippen molar-refractivity contribution in [2.24, 2.45) is 0 Å². The lowest BCUT2D eigenvalue weighted by Crippen LogP contribution is -2.40. The summed E-state index contributed by atoms with van der Waals surface area (Å²) >= 11 is 5.03. The van der Waals surface area contributed by atoms with Crippen LogP contribution in [0, 0.1) is 6.92 Å². The Balaban J connectivity index is 3.62. The topological polar surface area (TPSA) is 15.3 Å². The molecule has 1 N–H and O–H groups in total. The summed E-state index contributed by atoms with van der Waals surface area (Å²) in [7, 11) is 1.92. The first-order valence-electron chi connectivity index (χ1n) is 3.38. The lowest BCUT2D eigenvalue weighted by Gasteiger charge is -2.20. The van der Waals surface area contributed by atoms with Crippen LogP contribution < -0.4 is 5.32 Å². The van der Waals surface area contributed by atoms with Crippen molar-refractivity contribution in [2.45, 2.75) is 19.9 Å². The largest absolute Gasteiger partial charge is 0.360 e. The molecule has 0 aliphatic carbocycles. The lowest BCUT2D eigenvalue weighted by atomic mass is 10.4. The van der Waals surface area contributed by atoms with Crippen LogP contribution in [0.1, 0.15) is 13.8 Å². The standard InChI is InChI=1S/C7H15N2S/c1-5-9(4)7(10)8-6(2)3/h6H,1,5H2,2-4H3,(H,8,10). The molecule has 0 fully saturated rings. The predicted octanol–water partition coefficient (Wildman–Crippen LogP) is 1.04. The van der Waals surface area contributed by atoms with Gasteiger partial charge in [-0.25, -0.2) is 0 Å². The Kier molecular flexibility index (Phi) is 4.36. The van der Waals surface area contributed by atoms with Crippen molar-refractivity contribution in [3.8, 4) is 0 Å². The maximum absolute atomic E-state index is 5.03. The predicted molar refractivity (Wildman–Crippen MR) is 48.9 cm³/mol. The summed E-state index contributed by atoms with van der Waals surface area (Å²) in [5, 5.41) is 3.88. The van der Waals surface area contributed by atoms with Gasteiger partial charge in [-0.05, 0) is 33.0 Å². The van der Waals surface area contributed by atoms with Crippen LogP contribution in [0.5, 0.6) is 0 Å². The summed E-state index contributed by atoms with van der Waals surface area (Å²) in [5.41, 5.74) is 0. The number of hydrogen-bond donors (Lipinski definition) is 1. The summed E-state index contributed by atoms with van der Waals surface area (Å²) in [6.07, 6.45) is 0. The fourth-order valence-electron chi connectivity index (χ4n) is 0.459. The molecule has 10 heavy (non-hydrogen) atoms. The Labute approximate surface area is 68.6 Å². The van der Waals surface area contributed by atoms with Gasteiger partial charge in [0.15, 0.2) is 5.11 Å². The molecule has 0 bridgehead atoms. The van der Waals surface area contributed by atoms with Crippen LogP contribution in [-0.4, -0.2) is 29.6 Å². The molecule has 1 radical (unpaired) electrons. The van der Waals surface area contributed by atoms with Crippen molar-refractivity contribution < 1.29 is 0 Å². The Morgan fingerprint density at radius 3 is 2.50 bits per heavy atom. The SMILES string of the molecule is [CH2]CN(C)C(=S)NC(C)C. The first kappa shape index (κ1) is 9.69. The van der Waals surface area contributed by atoms with E-state index in [9.17, 15) is 0 Å². The number of nitrogens with zero attached hydrogens (tertiary/aromatic N) is 1. The van der Waals surface area contributed by atoms with E-state index in [1.807, 2.05) is 11.9 Å². The molecule has 0 saturated carbocycles. The second-order valence-corrected chi connectivity index (χ2v) is 2.91. The number of nitrogens with one attached hydrogen (secondary N) is 1. The molecule has 0 aromatic carbocycles. The van der Waals surface area contributed by atoms with Gasteiger partial charge in [0.05, 0.1) is 0 Å². The van der Waals surface area contributed by atoms with Gasteiger partial charge >= 0.3 is 0 Å². The van der Waals surface area contributed by atoms with E-state index >= 15 is 0 Å². The van der Waals surface area contributed by atoms with Gasteiger partial charge in [0.2, 0.25) is 0 Å². The Bertz CT molecular complexity index is 112. The molecule has 2 nitrogen and oxygen atoms in total. The van der Waals surface area contributed by atoms with Gasteiger partial charge in [-0.2, -0.15) is 0 Å². The number of hydrogen-bond acceptors (Lipinski definition) is 1. The van der Waals surface area contributed by atoms with Crippen molar-refractivity contribution in [2.75, 3.05) is 13.6 Å². The number of rotatable bonds is 2. The zero-order valence-electron chi connectivity index (χ0n) is 6.85. The average Bonchev–Trinajstić information content (AvgIpc) is 1.85. The minimum atomic E-state index is 0.404. The molecule has 0 aromatic heterocycles. The molecule has 0 atom stereocenters. The highest BCUT2D eigenvalue weighted by atomic mass is 32.1. The molecular formula is C7H15N2S. The molecular weight excluding hydrogens is 144 g/mol. The molecule has 0 aliphatic heterocycles. The highest BCUT2D eigenvalue weighted by Gasteiger charge is 2.00. The summed E-state index contributed by atoms with van der Waals surface area (Å²) in [5.74, 6) is 0. The van der Waals surface area contributed by atoms with Gasteiger partial charge in [0, 0.05) is 19.6 Å². The van der Waals surface area contributed by atoms with Gasteiger partial charge in [-0.15, -0.1) is 0 Å². The molecule has 3 heteroatoms. The van der Waals surface area contributed by atoms with Crippen LogP contribution in [0.4, 0.5) is 0 Å². The molecule has 0 spiro atoms. The van der Waals surface area contributed by atoms with E-state index in [4.69, 9.17) is 12.2 Å². The minimum absolute atomic E-state index is 0.404. The lowest BCUT2D eigenvalue weighted by molar-refractivity contribution is 0.533. The van der Waals surface area contributed by atoms with Crippen molar-refractivity contribution in [3.63, 3.8) is 0 Å². The van der Waals surface area contributed by atoms with E-state index in [0.29, 0.717) is 12.6 Å². The monoisotopic (exact) mass is 159 g/mol. The van der Waals surface area contributed by atoms with Crippen LogP contribution in [0.15, 0.2) is 0 Å². The van der Waals surface area contributed by atoms with E-state index in [1.54, 1.807) is 0 Å². The van der Waals surface area contributed by atoms with Crippen molar-refractivity contribution in [1.29, 1.82) is 0 Å². The highest BCUT2D eigenvalue weighted by Crippen LogP contribution is 1.85. The normalized spacial score (nSPS) is 9.70. The fourth-order valence-corrected chi connectivity index (χ4v) is 0.786. The molecule has 59 valence electrons. The summed E-state index contributed by atoms with van der Waals surface area (Å²) in [4.78, 5) is 1.90. The molecule has 0 aliphatic rings. The third kappa shape index (κ3) is 3.67. The van der Waals surface area contributed by atoms with Gasteiger partial charge in [0.1, 0.15) is 0 Å². The van der Waals surface area contributed by atoms with Crippen molar-refractivity contribution in [3.05, 3.63) is 6.92 Å². The van der Waals surface area contributed by atoms with Gasteiger partial charge < -0.3 is 10.2 Å². The highest BCUT2D eigenvalue weighted by molar-refractivity contribution is 7.80. The van der Waals surface area contributed by atoms with Crippen LogP contribution in [0.3, 0.4) is 0 Å². The minimum Gasteiger partial charge on any atom is -0.360 e. The second kappa shape index (κ2) is 4.50. The van der Waals surface area contributed by atoms with Crippen LogP contribution >= 0.6 is 12.2 Å². The summed E-state index contributed by atoms with van der Waals surface area (Å²) in [6.45, 7) is 8.54. The van der Waals surface area contributed by atoms with E-state index in [0.717, 1.165) is 5.11 Å². The van der Waals surface area contributed by atoms with Gasteiger partial charge in [-0.1, -0.05) is 0 Å². The molecule has 0 amide bonds. The first-order chi connectivity index (χ1) is 4.57. The quantitative estimate of drug-likeness (QED) is 0.606. The van der Waals surface area contributed by atoms with Gasteiger partial charge in [-0.3, -0.25) is 0 Å². The molecule has 0 rings (SSSR count). The van der Waals surface area contributed by atoms with Crippen LogP contribution in [0.25, 0.3) is 0 Å². The van der Waals surface area contributed by atoms with E-state index in [2.05, 4.69) is 26.1 Å². The van der Waals surface area contributed by atoms with E-state index in [1.165, 1.54) is 0 Å². The van der Waals surface area contributed by atoms with Crippen molar-refractivity contribution >= 4 is 17.3 Å². The number of thiocarbonyl (C=S) groups is 1. The van der Waals surface area contributed by atoms with Crippen LogP contribution in [0.2, 0.25) is 0 Å². The van der Waals surface area contributed by atoms with E-state index in [-0.39, 0.29) is 0 Å².